The highest BCUT2D eigenvalue weighted by Gasteiger charge is 2.12. The van der Waals surface area contributed by atoms with Gasteiger partial charge in [0.25, 0.3) is 0 Å². The van der Waals surface area contributed by atoms with Crippen molar-refractivity contribution in [3.05, 3.63) is 0 Å². The second-order valence-corrected chi connectivity index (χ2v) is 3.28. The first kappa shape index (κ1) is 16.4. The molecule has 1 heterocycles. The van der Waals surface area contributed by atoms with E-state index in [0.717, 1.165) is 6.54 Å². The summed E-state index contributed by atoms with van der Waals surface area (Å²) >= 11 is 0. The van der Waals surface area contributed by atoms with Crippen LogP contribution >= 0.6 is 0 Å². The van der Waals surface area contributed by atoms with Gasteiger partial charge in [0, 0.05) is 6.61 Å². The molecule has 1 rings (SSSR count). The van der Waals surface area contributed by atoms with Gasteiger partial charge in [-0.25, -0.2) is 0 Å². The Labute approximate surface area is 90.3 Å². The highest BCUT2D eigenvalue weighted by molar-refractivity contribution is 4.66. The first-order chi connectivity index (χ1) is 6.83. The maximum Gasteiger partial charge on any atom is 0.0459 e. The lowest BCUT2D eigenvalue weighted by atomic mass is 10.0. The first-order valence-corrected chi connectivity index (χ1v) is 6.12. The molecule has 0 aliphatic carbocycles. The molecule has 0 aromatic heterocycles. The minimum Gasteiger partial charge on any atom is -0.396 e. The number of nitrogens with zero attached hydrogens (tertiary/aromatic N) is 1. The summed E-state index contributed by atoms with van der Waals surface area (Å²) in [5.41, 5.74) is 0. The standard InChI is InChI=1S/C8H17NO.2C2H6/c1-9-5-2-3-8(7-10)4-6-9;2*1-2/h8,10H,2-7H2,1H3;2*1-2H3. The number of hydrogen-bond acceptors (Lipinski definition) is 2. The van der Waals surface area contributed by atoms with Gasteiger partial charge < -0.3 is 10.0 Å². The van der Waals surface area contributed by atoms with Crippen LogP contribution in [0.3, 0.4) is 0 Å². The van der Waals surface area contributed by atoms with Gasteiger partial charge in [-0.3, -0.25) is 0 Å². The van der Waals surface area contributed by atoms with Crippen molar-refractivity contribution in [2.24, 2.45) is 5.92 Å². The van der Waals surface area contributed by atoms with E-state index in [1.54, 1.807) is 0 Å². The topological polar surface area (TPSA) is 23.5 Å². The number of aliphatic hydroxyl groups is 1. The fourth-order valence-corrected chi connectivity index (χ4v) is 1.49. The molecule has 1 aliphatic rings. The zero-order valence-corrected chi connectivity index (χ0v) is 10.7. The Bertz CT molecular complexity index is 96.3. The van der Waals surface area contributed by atoms with Gasteiger partial charge in [0.15, 0.2) is 0 Å². The zero-order chi connectivity index (χ0) is 11.4. The summed E-state index contributed by atoms with van der Waals surface area (Å²) in [6.07, 6.45) is 3.63. The fraction of sp³-hybridized carbons (Fsp3) is 1.00. The van der Waals surface area contributed by atoms with Gasteiger partial charge in [-0.2, -0.15) is 0 Å². The van der Waals surface area contributed by atoms with E-state index in [1.165, 1.54) is 25.8 Å². The van der Waals surface area contributed by atoms with E-state index < -0.39 is 0 Å². The molecule has 1 fully saturated rings. The van der Waals surface area contributed by atoms with E-state index in [9.17, 15) is 0 Å². The average Bonchev–Trinajstić information content (AvgIpc) is 2.48. The Balaban J connectivity index is 0. The molecule has 2 nitrogen and oxygen atoms in total. The Kier molecular flexibility index (Phi) is 15.1. The van der Waals surface area contributed by atoms with Crippen LogP contribution in [0.1, 0.15) is 47.0 Å². The molecule has 0 bridgehead atoms. The molecule has 14 heavy (non-hydrogen) atoms. The summed E-state index contributed by atoms with van der Waals surface area (Å²) in [7, 11) is 2.15. The van der Waals surface area contributed by atoms with Crippen molar-refractivity contribution in [2.45, 2.75) is 47.0 Å². The third kappa shape index (κ3) is 8.52. The van der Waals surface area contributed by atoms with E-state index in [0.29, 0.717) is 12.5 Å². The second-order valence-electron chi connectivity index (χ2n) is 3.28. The molecule has 88 valence electrons. The Morgan fingerprint density at radius 1 is 1.07 bits per heavy atom. The van der Waals surface area contributed by atoms with Crippen molar-refractivity contribution in [3.63, 3.8) is 0 Å². The maximum atomic E-state index is 8.88. The predicted molar refractivity (Wildman–Crippen MR) is 64.6 cm³/mol. The monoisotopic (exact) mass is 203 g/mol. The van der Waals surface area contributed by atoms with Crippen molar-refractivity contribution in [3.8, 4) is 0 Å². The summed E-state index contributed by atoms with van der Waals surface area (Å²) in [4.78, 5) is 2.34. The SMILES string of the molecule is CC.CC.CN1CCCC(CO)CC1. The van der Waals surface area contributed by atoms with Crippen LogP contribution in [0.5, 0.6) is 0 Å². The highest BCUT2D eigenvalue weighted by atomic mass is 16.3. The van der Waals surface area contributed by atoms with Crippen LogP contribution in [0.2, 0.25) is 0 Å². The smallest absolute Gasteiger partial charge is 0.0459 e. The van der Waals surface area contributed by atoms with Gasteiger partial charge in [-0.05, 0) is 45.3 Å². The molecule has 0 spiro atoms. The molecule has 1 N–H and O–H groups in total. The summed E-state index contributed by atoms with van der Waals surface area (Å²) < 4.78 is 0. The molecule has 1 atom stereocenters. The van der Waals surface area contributed by atoms with Crippen molar-refractivity contribution in [2.75, 3.05) is 26.7 Å². The lowest BCUT2D eigenvalue weighted by Gasteiger charge is -2.12. The van der Waals surface area contributed by atoms with Crippen LogP contribution in [-0.4, -0.2) is 36.8 Å². The average molecular weight is 203 g/mol. The van der Waals surface area contributed by atoms with E-state index in [2.05, 4.69) is 11.9 Å². The Hall–Kier alpha value is -0.0800. The molecular formula is C12H29NO. The maximum absolute atomic E-state index is 8.88. The molecule has 0 amide bonds. The number of rotatable bonds is 1. The summed E-state index contributed by atoms with van der Waals surface area (Å²) in [5.74, 6) is 0.574. The van der Waals surface area contributed by atoms with Crippen LogP contribution in [-0.2, 0) is 0 Å². The number of aliphatic hydroxyl groups excluding tert-OH is 1. The van der Waals surface area contributed by atoms with E-state index in [-0.39, 0.29) is 0 Å². The number of hydrogen-bond donors (Lipinski definition) is 1. The minimum atomic E-state index is 0.383. The molecule has 1 aliphatic heterocycles. The van der Waals surface area contributed by atoms with E-state index in [4.69, 9.17) is 5.11 Å². The van der Waals surface area contributed by atoms with Crippen LogP contribution in [0.4, 0.5) is 0 Å². The normalized spacial score (nSPS) is 22.3. The van der Waals surface area contributed by atoms with Crippen LogP contribution in [0.15, 0.2) is 0 Å². The molecule has 1 saturated heterocycles. The Morgan fingerprint density at radius 3 is 2.14 bits per heavy atom. The second kappa shape index (κ2) is 12.9. The van der Waals surface area contributed by atoms with Crippen molar-refractivity contribution in [1.29, 1.82) is 0 Å². The first-order valence-electron chi connectivity index (χ1n) is 6.12. The third-order valence-electron chi connectivity index (χ3n) is 2.33. The summed E-state index contributed by atoms with van der Waals surface area (Å²) in [5, 5.41) is 8.88. The van der Waals surface area contributed by atoms with Gasteiger partial charge in [0.1, 0.15) is 0 Å². The highest BCUT2D eigenvalue weighted by Crippen LogP contribution is 2.15. The zero-order valence-electron chi connectivity index (χ0n) is 10.7. The molecule has 0 saturated carbocycles. The fourth-order valence-electron chi connectivity index (χ4n) is 1.49. The van der Waals surface area contributed by atoms with E-state index >= 15 is 0 Å². The predicted octanol–water partition coefficient (Wildman–Crippen LogP) is 2.76. The Morgan fingerprint density at radius 2 is 1.64 bits per heavy atom. The van der Waals surface area contributed by atoms with Gasteiger partial charge in [-0.1, -0.05) is 27.7 Å². The summed E-state index contributed by atoms with van der Waals surface area (Å²) in [6, 6.07) is 0. The molecule has 1 unspecified atom stereocenters. The lowest BCUT2D eigenvalue weighted by Crippen LogP contribution is -2.19. The molecule has 2 heteroatoms. The number of likely N-dealkylation sites (tertiary alicyclic amines) is 1. The van der Waals surface area contributed by atoms with Gasteiger partial charge in [-0.15, -0.1) is 0 Å². The largest absolute Gasteiger partial charge is 0.396 e. The molecule has 0 aromatic rings. The molecule has 0 radical (unpaired) electrons. The van der Waals surface area contributed by atoms with Gasteiger partial charge >= 0.3 is 0 Å². The van der Waals surface area contributed by atoms with Gasteiger partial charge in [0.05, 0.1) is 0 Å². The third-order valence-corrected chi connectivity index (χ3v) is 2.33. The molecule has 0 aromatic carbocycles. The van der Waals surface area contributed by atoms with E-state index in [1.807, 2.05) is 27.7 Å². The van der Waals surface area contributed by atoms with Crippen molar-refractivity contribution >= 4 is 0 Å². The molecular weight excluding hydrogens is 174 g/mol. The quantitative estimate of drug-likeness (QED) is 0.708. The minimum absolute atomic E-state index is 0.383. The van der Waals surface area contributed by atoms with Crippen LogP contribution in [0, 0.1) is 5.92 Å². The van der Waals surface area contributed by atoms with Crippen LogP contribution < -0.4 is 0 Å². The van der Waals surface area contributed by atoms with Crippen LogP contribution in [0.25, 0.3) is 0 Å². The van der Waals surface area contributed by atoms with Crippen molar-refractivity contribution < 1.29 is 5.11 Å². The lowest BCUT2D eigenvalue weighted by molar-refractivity contribution is 0.211. The summed E-state index contributed by atoms with van der Waals surface area (Å²) in [6.45, 7) is 10.7. The van der Waals surface area contributed by atoms with Gasteiger partial charge in [0.2, 0.25) is 0 Å². The van der Waals surface area contributed by atoms with Crippen molar-refractivity contribution in [1.82, 2.24) is 4.90 Å².